The first-order valence-electron chi connectivity index (χ1n) is 8.25. The first-order chi connectivity index (χ1) is 12.7. The molecule has 4 nitrogen and oxygen atoms in total. The van der Waals surface area contributed by atoms with Gasteiger partial charge in [-0.2, -0.15) is 0 Å². The van der Waals surface area contributed by atoms with Crippen molar-refractivity contribution in [2.45, 2.75) is 6.42 Å². The minimum Gasteiger partial charge on any atom is -0.456 e. The van der Waals surface area contributed by atoms with E-state index in [2.05, 4.69) is 10.6 Å². The maximum absolute atomic E-state index is 12.1. The fraction of sp³-hybridized carbons (Fsp3) is 0.0476. The molecule has 0 saturated carbocycles. The fourth-order valence-electron chi connectivity index (χ4n) is 2.92. The summed E-state index contributed by atoms with van der Waals surface area (Å²) < 4.78 is 5.86. The smallest absolute Gasteiger partial charge is 0.230 e. The van der Waals surface area contributed by atoms with Gasteiger partial charge in [-0.1, -0.05) is 48.5 Å². The summed E-state index contributed by atoms with van der Waals surface area (Å²) in [5.74, 6) is -0.154. The number of furan rings is 1. The summed E-state index contributed by atoms with van der Waals surface area (Å²) in [4.78, 5) is 12.1. The summed E-state index contributed by atoms with van der Waals surface area (Å²) in [6.07, 6.45) is 0.283. The van der Waals surface area contributed by atoms with Gasteiger partial charge in [-0.3, -0.25) is 4.79 Å². The van der Waals surface area contributed by atoms with E-state index in [0.29, 0.717) is 0 Å². The standard InChI is InChI=1S/C21H16N2O2S/c24-20(12-14-6-2-1-3-7-14)23-21(26)22-15-10-11-17-16-8-4-5-9-18(16)25-19(17)13-15/h1-11,13H,12H2,(H2,22,23,24,26). The molecule has 0 aliphatic heterocycles. The summed E-state index contributed by atoms with van der Waals surface area (Å²) in [6, 6.07) is 23.2. The summed E-state index contributed by atoms with van der Waals surface area (Å²) in [5.41, 5.74) is 3.33. The second-order valence-electron chi connectivity index (χ2n) is 5.97. The molecule has 0 saturated heterocycles. The second-order valence-corrected chi connectivity index (χ2v) is 6.38. The lowest BCUT2D eigenvalue weighted by atomic mass is 10.1. The highest BCUT2D eigenvalue weighted by atomic mass is 32.1. The molecule has 26 heavy (non-hydrogen) atoms. The molecule has 1 aromatic heterocycles. The molecule has 0 unspecified atom stereocenters. The molecule has 0 fully saturated rings. The van der Waals surface area contributed by atoms with E-state index in [1.165, 1.54) is 0 Å². The van der Waals surface area contributed by atoms with E-state index >= 15 is 0 Å². The Balaban J connectivity index is 1.45. The Morgan fingerprint density at radius 3 is 2.46 bits per heavy atom. The van der Waals surface area contributed by atoms with Gasteiger partial charge in [0.05, 0.1) is 6.42 Å². The second kappa shape index (κ2) is 6.98. The van der Waals surface area contributed by atoms with Gasteiger partial charge >= 0.3 is 0 Å². The van der Waals surface area contributed by atoms with Crippen molar-refractivity contribution >= 4 is 50.9 Å². The molecule has 0 bridgehead atoms. The maximum Gasteiger partial charge on any atom is 0.230 e. The van der Waals surface area contributed by atoms with Crippen LogP contribution in [0.25, 0.3) is 21.9 Å². The molecule has 1 amide bonds. The molecular weight excluding hydrogens is 344 g/mol. The average molecular weight is 360 g/mol. The highest BCUT2D eigenvalue weighted by Crippen LogP contribution is 2.30. The number of rotatable bonds is 3. The van der Waals surface area contributed by atoms with Gasteiger partial charge < -0.3 is 15.1 Å². The number of para-hydroxylation sites is 1. The van der Waals surface area contributed by atoms with Crippen LogP contribution >= 0.6 is 12.2 Å². The number of anilines is 1. The average Bonchev–Trinajstić information content (AvgIpc) is 3.00. The van der Waals surface area contributed by atoms with Crippen molar-refractivity contribution in [1.82, 2.24) is 5.32 Å². The number of carbonyl (C=O) groups is 1. The van der Waals surface area contributed by atoms with E-state index in [-0.39, 0.29) is 17.4 Å². The van der Waals surface area contributed by atoms with Crippen LogP contribution < -0.4 is 10.6 Å². The molecule has 3 aromatic carbocycles. The van der Waals surface area contributed by atoms with Crippen LogP contribution in [0.1, 0.15) is 5.56 Å². The van der Waals surface area contributed by atoms with Gasteiger partial charge in [-0.25, -0.2) is 0 Å². The van der Waals surface area contributed by atoms with E-state index in [0.717, 1.165) is 33.2 Å². The lowest BCUT2D eigenvalue weighted by molar-refractivity contribution is -0.119. The van der Waals surface area contributed by atoms with E-state index in [4.69, 9.17) is 16.6 Å². The molecule has 2 N–H and O–H groups in total. The third kappa shape index (κ3) is 3.43. The zero-order valence-corrected chi connectivity index (χ0v) is 14.7. The van der Waals surface area contributed by atoms with E-state index in [9.17, 15) is 4.79 Å². The molecule has 0 radical (unpaired) electrons. The van der Waals surface area contributed by atoms with Gasteiger partial charge in [0.15, 0.2) is 5.11 Å². The monoisotopic (exact) mass is 360 g/mol. The van der Waals surface area contributed by atoms with Crippen molar-refractivity contribution in [2.24, 2.45) is 0 Å². The molecule has 128 valence electrons. The SMILES string of the molecule is O=C(Cc1ccccc1)NC(=S)Nc1ccc2c(c1)oc1ccccc12. The van der Waals surface area contributed by atoms with E-state index < -0.39 is 0 Å². The Bertz CT molecular complexity index is 1100. The van der Waals surface area contributed by atoms with Crippen LogP contribution in [0.5, 0.6) is 0 Å². The van der Waals surface area contributed by atoms with Gasteiger partial charge in [0, 0.05) is 22.5 Å². The number of carbonyl (C=O) groups excluding carboxylic acids is 1. The molecule has 0 spiro atoms. The molecule has 1 heterocycles. The van der Waals surface area contributed by atoms with Gasteiger partial charge in [0.1, 0.15) is 11.2 Å². The highest BCUT2D eigenvalue weighted by molar-refractivity contribution is 7.80. The van der Waals surface area contributed by atoms with Crippen molar-refractivity contribution < 1.29 is 9.21 Å². The summed E-state index contributed by atoms with van der Waals surface area (Å²) in [6.45, 7) is 0. The number of hydrogen-bond acceptors (Lipinski definition) is 3. The van der Waals surface area contributed by atoms with Crippen molar-refractivity contribution in [2.75, 3.05) is 5.32 Å². The van der Waals surface area contributed by atoms with Crippen LogP contribution in [-0.4, -0.2) is 11.0 Å². The summed E-state index contributed by atoms with van der Waals surface area (Å²) in [5, 5.41) is 8.13. The van der Waals surface area contributed by atoms with Crippen molar-refractivity contribution in [3.05, 3.63) is 78.4 Å². The number of amides is 1. The van der Waals surface area contributed by atoms with Gasteiger partial charge in [0.25, 0.3) is 0 Å². The van der Waals surface area contributed by atoms with Crippen LogP contribution in [-0.2, 0) is 11.2 Å². The first kappa shape index (κ1) is 16.3. The topological polar surface area (TPSA) is 54.3 Å². The normalized spacial score (nSPS) is 10.8. The Hall–Kier alpha value is -3.18. The third-order valence-corrected chi connectivity index (χ3v) is 4.30. The maximum atomic E-state index is 12.1. The molecule has 4 rings (SSSR count). The Morgan fingerprint density at radius 1 is 0.885 bits per heavy atom. The quantitative estimate of drug-likeness (QED) is 0.523. The van der Waals surface area contributed by atoms with Crippen LogP contribution in [0.2, 0.25) is 0 Å². The van der Waals surface area contributed by atoms with Gasteiger partial charge in [0.2, 0.25) is 5.91 Å². The minimum absolute atomic E-state index is 0.154. The van der Waals surface area contributed by atoms with Crippen molar-refractivity contribution in [1.29, 1.82) is 0 Å². The molecule has 0 aliphatic rings. The summed E-state index contributed by atoms with van der Waals surface area (Å²) >= 11 is 5.24. The van der Waals surface area contributed by atoms with Crippen molar-refractivity contribution in [3.63, 3.8) is 0 Å². The Morgan fingerprint density at radius 2 is 1.62 bits per heavy atom. The highest BCUT2D eigenvalue weighted by Gasteiger charge is 2.09. The number of nitrogens with one attached hydrogen (secondary N) is 2. The molecular formula is C21H16N2O2S. The van der Waals surface area contributed by atoms with Gasteiger partial charge in [-0.15, -0.1) is 0 Å². The number of benzene rings is 3. The first-order valence-corrected chi connectivity index (χ1v) is 8.66. The lowest BCUT2D eigenvalue weighted by Gasteiger charge is -2.09. The molecule has 5 heteroatoms. The molecule has 4 aromatic rings. The molecule has 0 aliphatic carbocycles. The third-order valence-electron chi connectivity index (χ3n) is 4.10. The number of fused-ring (bicyclic) bond motifs is 3. The predicted molar refractivity (Wildman–Crippen MR) is 108 cm³/mol. The number of thiocarbonyl (C=S) groups is 1. The zero-order chi connectivity index (χ0) is 17.9. The van der Waals surface area contributed by atoms with Crippen molar-refractivity contribution in [3.8, 4) is 0 Å². The Kier molecular flexibility index (Phi) is 4.37. The van der Waals surface area contributed by atoms with Crippen LogP contribution in [0.3, 0.4) is 0 Å². The van der Waals surface area contributed by atoms with E-state index in [1.807, 2.05) is 72.8 Å². The van der Waals surface area contributed by atoms with Gasteiger partial charge in [-0.05, 0) is 36.0 Å². The summed E-state index contributed by atoms with van der Waals surface area (Å²) in [7, 11) is 0. The zero-order valence-electron chi connectivity index (χ0n) is 13.9. The van der Waals surface area contributed by atoms with Crippen LogP contribution in [0.15, 0.2) is 77.2 Å². The predicted octanol–water partition coefficient (Wildman–Crippen LogP) is 4.64. The van der Waals surface area contributed by atoms with Crippen LogP contribution in [0, 0.1) is 0 Å². The largest absolute Gasteiger partial charge is 0.456 e. The fourth-order valence-corrected chi connectivity index (χ4v) is 3.15. The lowest BCUT2D eigenvalue weighted by Crippen LogP contribution is -2.35. The number of hydrogen-bond donors (Lipinski definition) is 2. The minimum atomic E-state index is -0.154. The Labute approximate surface area is 155 Å². The molecule has 0 atom stereocenters. The van der Waals surface area contributed by atoms with Crippen LogP contribution in [0.4, 0.5) is 5.69 Å². The van der Waals surface area contributed by atoms with E-state index in [1.54, 1.807) is 0 Å².